The van der Waals surface area contributed by atoms with Crippen molar-refractivity contribution in [2.45, 2.75) is 0 Å². The van der Waals surface area contributed by atoms with E-state index in [4.69, 9.17) is 4.55 Å². The molecule has 0 radical (unpaired) electrons. The first-order chi connectivity index (χ1) is 7.50. The maximum absolute atomic E-state index is 11.0. The van der Waals surface area contributed by atoms with Gasteiger partial charge < -0.3 is 0 Å². The highest BCUT2D eigenvalue weighted by atomic mass is 32.2. The molecule has 2 aromatic rings. The normalized spacial score (nSPS) is 11.6. The van der Waals surface area contributed by atoms with Crippen molar-refractivity contribution in [1.82, 2.24) is 0 Å². The molecule has 0 aliphatic carbocycles. The molecule has 0 fully saturated rings. The van der Waals surface area contributed by atoms with Gasteiger partial charge in [0.05, 0.1) is 4.91 Å². The van der Waals surface area contributed by atoms with Crippen LogP contribution >= 0.6 is 0 Å². The number of hydrogen-bond acceptors (Lipinski definition) is 2. The van der Waals surface area contributed by atoms with Crippen molar-refractivity contribution in [3.63, 3.8) is 0 Å². The summed E-state index contributed by atoms with van der Waals surface area (Å²) < 4.78 is 31.0. The molecule has 0 bridgehead atoms. The van der Waals surface area contributed by atoms with E-state index in [1.165, 1.54) is 0 Å². The Morgan fingerprint density at radius 3 is 2.38 bits per heavy atom. The Hall–Kier alpha value is -1.65. The smallest absolute Gasteiger partial charge is 0.282 e. The molecular formula is C12H10O3S. The molecule has 4 heteroatoms. The SMILES string of the molecule is C=C(c1cccc2ccccc12)S(=O)(=O)O. The highest BCUT2D eigenvalue weighted by Crippen LogP contribution is 2.26. The van der Waals surface area contributed by atoms with E-state index in [0.29, 0.717) is 5.56 Å². The van der Waals surface area contributed by atoms with Gasteiger partial charge in [-0.3, -0.25) is 4.55 Å². The molecule has 0 aliphatic rings. The van der Waals surface area contributed by atoms with Gasteiger partial charge in [-0.1, -0.05) is 49.0 Å². The summed E-state index contributed by atoms with van der Waals surface area (Å²) in [6.45, 7) is 3.41. The summed E-state index contributed by atoms with van der Waals surface area (Å²) in [5.41, 5.74) is 0.431. The van der Waals surface area contributed by atoms with Crippen LogP contribution in [0.4, 0.5) is 0 Å². The topological polar surface area (TPSA) is 54.4 Å². The predicted octanol–water partition coefficient (Wildman–Crippen LogP) is 2.70. The first kappa shape index (κ1) is 10.9. The van der Waals surface area contributed by atoms with Crippen LogP contribution in [0.15, 0.2) is 49.0 Å². The van der Waals surface area contributed by atoms with Crippen molar-refractivity contribution in [2.24, 2.45) is 0 Å². The molecule has 0 aromatic heterocycles. The van der Waals surface area contributed by atoms with Crippen LogP contribution in [-0.2, 0) is 10.1 Å². The fourth-order valence-electron chi connectivity index (χ4n) is 1.61. The minimum atomic E-state index is -4.24. The fraction of sp³-hybridized carbons (Fsp3) is 0. The highest BCUT2D eigenvalue weighted by Gasteiger charge is 2.15. The molecule has 0 heterocycles. The summed E-state index contributed by atoms with van der Waals surface area (Å²) in [5.74, 6) is 0. The lowest BCUT2D eigenvalue weighted by molar-refractivity contribution is 0.496. The predicted molar refractivity (Wildman–Crippen MR) is 64.5 cm³/mol. The largest absolute Gasteiger partial charge is 0.294 e. The average Bonchev–Trinajstić information content (AvgIpc) is 2.26. The van der Waals surface area contributed by atoms with Crippen molar-refractivity contribution in [2.75, 3.05) is 0 Å². The van der Waals surface area contributed by atoms with Crippen LogP contribution in [0.5, 0.6) is 0 Å². The number of rotatable bonds is 2. The van der Waals surface area contributed by atoms with E-state index >= 15 is 0 Å². The van der Waals surface area contributed by atoms with Gasteiger partial charge in [-0.05, 0) is 10.8 Å². The Labute approximate surface area is 93.8 Å². The molecule has 3 nitrogen and oxygen atoms in total. The summed E-state index contributed by atoms with van der Waals surface area (Å²) in [6, 6.07) is 12.6. The summed E-state index contributed by atoms with van der Waals surface area (Å²) in [4.78, 5) is -0.274. The van der Waals surface area contributed by atoms with Gasteiger partial charge in [-0.15, -0.1) is 0 Å². The lowest BCUT2D eigenvalue weighted by Gasteiger charge is -2.06. The minimum Gasteiger partial charge on any atom is -0.282 e. The molecular weight excluding hydrogens is 224 g/mol. The van der Waals surface area contributed by atoms with Gasteiger partial charge in [0.15, 0.2) is 0 Å². The minimum absolute atomic E-state index is 0.274. The molecule has 2 aromatic carbocycles. The van der Waals surface area contributed by atoms with E-state index in [1.54, 1.807) is 18.2 Å². The second-order valence-electron chi connectivity index (χ2n) is 3.42. The Morgan fingerprint density at radius 2 is 1.69 bits per heavy atom. The van der Waals surface area contributed by atoms with Crippen LogP contribution in [0.3, 0.4) is 0 Å². The van der Waals surface area contributed by atoms with Crippen molar-refractivity contribution in [3.8, 4) is 0 Å². The monoisotopic (exact) mass is 234 g/mol. The van der Waals surface area contributed by atoms with Gasteiger partial charge in [-0.25, -0.2) is 0 Å². The molecule has 0 spiro atoms. The second kappa shape index (κ2) is 3.73. The standard InChI is InChI=1S/C12H10O3S/c1-9(16(13,14)15)11-8-4-6-10-5-2-3-7-12(10)11/h2-8H,1H2,(H,13,14,15). The lowest BCUT2D eigenvalue weighted by Crippen LogP contribution is -2.00. The molecule has 0 unspecified atom stereocenters. The summed E-state index contributed by atoms with van der Waals surface area (Å²) in [7, 11) is -4.24. The van der Waals surface area contributed by atoms with E-state index in [1.807, 2.05) is 24.3 Å². The van der Waals surface area contributed by atoms with E-state index < -0.39 is 10.1 Å². The third-order valence-electron chi connectivity index (χ3n) is 2.40. The quantitative estimate of drug-likeness (QED) is 0.813. The van der Waals surface area contributed by atoms with Crippen molar-refractivity contribution < 1.29 is 13.0 Å². The van der Waals surface area contributed by atoms with E-state index in [0.717, 1.165) is 10.8 Å². The van der Waals surface area contributed by atoms with Gasteiger partial charge in [0.25, 0.3) is 10.1 Å². The summed E-state index contributed by atoms with van der Waals surface area (Å²) in [6.07, 6.45) is 0. The Kier molecular flexibility index (Phi) is 2.53. The van der Waals surface area contributed by atoms with Crippen molar-refractivity contribution in [1.29, 1.82) is 0 Å². The van der Waals surface area contributed by atoms with Gasteiger partial charge in [0.2, 0.25) is 0 Å². The molecule has 2 rings (SSSR count). The van der Waals surface area contributed by atoms with Crippen LogP contribution < -0.4 is 0 Å². The molecule has 16 heavy (non-hydrogen) atoms. The molecule has 0 saturated carbocycles. The van der Waals surface area contributed by atoms with Crippen LogP contribution in [0.2, 0.25) is 0 Å². The van der Waals surface area contributed by atoms with Gasteiger partial charge in [0.1, 0.15) is 0 Å². The number of hydrogen-bond donors (Lipinski definition) is 1. The zero-order valence-corrected chi connectivity index (χ0v) is 9.24. The number of fused-ring (bicyclic) bond motifs is 1. The molecule has 0 atom stereocenters. The van der Waals surface area contributed by atoms with Gasteiger partial charge >= 0.3 is 0 Å². The Morgan fingerprint density at radius 1 is 1.06 bits per heavy atom. The molecule has 0 aliphatic heterocycles. The second-order valence-corrected chi connectivity index (χ2v) is 4.87. The zero-order valence-electron chi connectivity index (χ0n) is 8.42. The molecule has 0 saturated heterocycles. The van der Waals surface area contributed by atoms with Gasteiger partial charge in [-0.2, -0.15) is 8.42 Å². The molecule has 82 valence electrons. The van der Waals surface area contributed by atoms with E-state index in [2.05, 4.69) is 6.58 Å². The maximum atomic E-state index is 11.0. The highest BCUT2D eigenvalue weighted by molar-refractivity contribution is 7.95. The fourth-order valence-corrected chi connectivity index (χ4v) is 2.06. The summed E-state index contributed by atoms with van der Waals surface area (Å²) in [5, 5.41) is 1.66. The van der Waals surface area contributed by atoms with Gasteiger partial charge in [0, 0.05) is 5.56 Å². The van der Waals surface area contributed by atoms with E-state index in [9.17, 15) is 8.42 Å². The molecule has 1 N–H and O–H groups in total. The zero-order chi connectivity index (χ0) is 11.8. The Bertz CT molecular complexity index is 652. The number of benzene rings is 2. The molecule has 0 amide bonds. The Balaban J connectivity index is 2.75. The summed E-state index contributed by atoms with van der Waals surface area (Å²) >= 11 is 0. The first-order valence-electron chi connectivity index (χ1n) is 4.64. The lowest BCUT2D eigenvalue weighted by atomic mass is 10.0. The van der Waals surface area contributed by atoms with Crippen molar-refractivity contribution in [3.05, 3.63) is 54.6 Å². The third kappa shape index (κ3) is 1.85. The van der Waals surface area contributed by atoms with Crippen LogP contribution in [0.25, 0.3) is 15.7 Å². The van der Waals surface area contributed by atoms with Crippen LogP contribution in [-0.4, -0.2) is 13.0 Å². The third-order valence-corrected chi connectivity index (χ3v) is 3.24. The van der Waals surface area contributed by atoms with Crippen LogP contribution in [0, 0.1) is 0 Å². The first-order valence-corrected chi connectivity index (χ1v) is 6.09. The van der Waals surface area contributed by atoms with E-state index in [-0.39, 0.29) is 4.91 Å². The van der Waals surface area contributed by atoms with Crippen LogP contribution in [0.1, 0.15) is 5.56 Å². The van der Waals surface area contributed by atoms with Crippen molar-refractivity contribution >= 4 is 25.8 Å². The average molecular weight is 234 g/mol. The maximum Gasteiger partial charge on any atom is 0.294 e.